The van der Waals surface area contributed by atoms with E-state index >= 15 is 0 Å². The van der Waals surface area contributed by atoms with E-state index < -0.39 is 0 Å². The summed E-state index contributed by atoms with van der Waals surface area (Å²) in [5, 5.41) is 6.50. The summed E-state index contributed by atoms with van der Waals surface area (Å²) >= 11 is 0. The minimum atomic E-state index is 0. The third-order valence-electron chi connectivity index (χ3n) is 3.36. The average Bonchev–Trinajstić information content (AvgIpc) is 2.96. The zero-order valence-electron chi connectivity index (χ0n) is 13.8. The number of guanidine groups is 1. The highest BCUT2D eigenvalue weighted by molar-refractivity contribution is 14.0. The predicted octanol–water partition coefficient (Wildman–Crippen LogP) is 2.85. The van der Waals surface area contributed by atoms with E-state index in [9.17, 15) is 0 Å². The lowest BCUT2D eigenvalue weighted by Crippen LogP contribution is -2.30. The number of benzene rings is 1. The molecule has 0 aliphatic carbocycles. The largest absolute Gasteiger partial charge is 0.493 e. The summed E-state index contributed by atoms with van der Waals surface area (Å²) in [7, 11) is 6.98. The van der Waals surface area contributed by atoms with Crippen LogP contribution in [-0.2, 0) is 13.6 Å². The Labute approximate surface area is 153 Å². The molecule has 0 radical (unpaired) electrons. The fraction of sp³-hybridized carbons (Fsp3) is 0.312. The van der Waals surface area contributed by atoms with Crippen LogP contribution in [0.5, 0.6) is 11.5 Å². The van der Waals surface area contributed by atoms with E-state index in [1.807, 2.05) is 37.5 Å². The van der Waals surface area contributed by atoms with Gasteiger partial charge in [-0.15, -0.1) is 24.0 Å². The second kappa shape index (κ2) is 9.29. The number of nitrogens with one attached hydrogen (secondary N) is 2. The van der Waals surface area contributed by atoms with Crippen molar-refractivity contribution in [1.82, 2.24) is 9.88 Å². The van der Waals surface area contributed by atoms with Crippen molar-refractivity contribution in [2.75, 3.05) is 26.6 Å². The van der Waals surface area contributed by atoms with Crippen molar-refractivity contribution in [3.63, 3.8) is 0 Å². The van der Waals surface area contributed by atoms with Crippen LogP contribution >= 0.6 is 24.0 Å². The molecule has 1 aromatic heterocycles. The molecule has 0 fully saturated rings. The van der Waals surface area contributed by atoms with Gasteiger partial charge in [0.2, 0.25) is 0 Å². The van der Waals surface area contributed by atoms with Gasteiger partial charge in [0.25, 0.3) is 0 Å². The van der Waals surface area contributed by atoms with Gasteiger partial charge in [0.1, 0.15) is 0 Å². The Balaban J connectivity index is 0.00000264. The Kier molecular flexibility index (Phi) is 7.73. The quantitative estimate of drug-likeness (QED) is 0.435. The van der Waals surface area contributed by atoms with Gasteiger partial charge in [0.05, 0.1) is 20.8 Å². The Hall–Kier alpha value is -1.90. The van der Waals surface area contributed by atoms with Gasteiger partial charge in [0, 0.05) is 37.7 Å². The van der Waals surface area contributed by atoms with E-state index in [4.69, 9.17) is 9.47 Å². The number of halogens is 1. The van der Waals surface area contributed by atoms with E-state index in [0.29, 0.717) is 24.0 Å². The minimum absolute atomic E-state index is 0. The number of nitrogens with zero attached hydrogens (tertiary/aromatic N) is 2. The smallest absolute Gasteiger partial charge is 0.195 e. The van der Waals surface area contributed by atoms with Crippen molar-refractivity contribution in [2.45, 2.75) is 6.54 Å². The molecule has 23 heavy (non-hydrogen) atoms. The first kappa shape index (κ1) is 19.1. The number of rotatable bonds is 5. The van der Waals surface area contributed by atoms with E-state index in [2.05, 4.69) is 26.3 Å². The third kappa shape index (κ3) is 5.05. The van der Waals surface area contributed by atoms with Gasteiger partial charge in [0.15, 0.2) is 17.5 Å². The molecular weight excluding hydrogens is 407 g/mol. The summed E-state index contributed by atoms with van der Waals surface area (Å²) in [6.07, 6.45) is 2.02. The molecule has 0 spiro atoms. The van der Waals surface area contributed by atoms with Gasteiger partial charge in [-0.2, -0.15) is 0 Å². The molecular formula is C16H23IN4O2. The maximum Gasteiger partial charge on any atom is 0.195 e. The molecule has 7 heteroatoms. The fourth-order valence-corrected chi connectivity index (χ4v) is 2.08. The molecule has 2 aromatic rings. The summed E-state index contributed by atoms with van der Waals surface area (Å²) < 4.78 is 12.6. The van der Waals surface area contributed by atoms with Crippen molar-refractivity contribution < 1.29 is 9.47 Å². The fourth-order valence-electron chi connectivity index (χ4n) is 2.08. The molecule has 0 unspecified atom stereocenters. The van der Waals surface area contributed by atoms with Gasteiger partial charge in [-0.3, -0.25) is 4.99 Å². The molecule has 2 rings (SSSR count). The van der Waals surface area contributed by atoms with Crippen LogP contribution in [0.15, 0.2) is 41.5 Å². The van der Waals surface area contributed by atoms with Crippen molar-refractivity contribution in [2.24, 2.45) is 12.0 Å². The molecule has 0 saturated heterocycles. The van der Waals surface area contributed by atoms with Crippen molar-refractivity contribution in [3.8, 4) is 11.5 Å². The minimum Gasteiger partial charge on any atom is -0.493 e. The van der Waals surface area contributed by atoms with Crippen LogP contribution in [0.1, 0.15) is 5.69 Å². The average molecular weight is 430 g/mol. The normalized spacial score (nSPS) is 10.7. The first-order valence-corrected chi connectivity index (χ1v) is 6.98. The zero-order chi connectivity index (χ0) is 15.9. The number of hydrogen-bond donors (Lipinski definition) is 2. The number of aliphatic imine (C=N–C) groups is 1. The van der Waals surface area contributed by atoms with Crippen LogP contribution in [-0.4, -0.2) is 31.8 Å². The highest BCUT2D eigenvalue weighted by Crippen LogP contribution is 2.29. The maximum atomic E-state index is 5.30. The lowest BCUT2D eigenvalue weighted by Gasteiger charge is -2.14. The second-order valence-electron chi connectivity index (χ2n) is 4.73. The Morgan fingerprint density at radius 2 is 1.91 bits per heavy atom. The summed E-state index contributed by atoms with van der Waals surface area (Å²) in [5.41, 5.74) is 2.05. The molecule has 2 N–H and O–H groups in total. The standard InChI is InChI=1S/C16H22N4O2.HI/c1-17-16(18-11-13-6-5-9-20(13)2)19-12-7-8-14(21-3)15(10-12)22-4;/h5-10H,11H2,1-4H3,(H2,17,18,19);1H. The first-order chi connectivity index (χ1) is 10.7. The van der Waals surface area contributed by atoms with Crippen LogP contribution in [0, 0.1) is 0 Å². The zero-order valence-corrected chi connectivity index (χ0v) is 16.1. The molecule has 0 bridgehead atoms. The molecule has 0 aliphatic heterocycles. The predicted molar refractivity (Wildman–Crippen MR) is 104 cm³/mol. The Morgan fingerprint density at radius 3 is 2.48 bits per heavy atom. The number of aromatic nitrogens is 1. The van der Waals surface area contributed by atoms with E-state index in [0.717, 1.165) is 5.69 Å². The monoisotopic (exact) mass is 430 g/mol. The number of anilines is 1. The SMILES string of the molecule is CN=C(NCc1cccn1C)Nc1ccc(OC)c(OC)c1.I. The summed E-state index contributed by atoms with van der Waals surface area (Å²) in [5.74, 6) is 2.05. The lowest BCUT2D eigenvalue weighted by molar-refractivity contribution is 0.355. The van der Waals surface area contributed by atoms with Crippen molar-refractivity contribution in [1.29, 1.82) is 0 Å². The van der Waals surface area contributed by atoms with Gasteiger partial charge >= 0.3 is 0 Å². The molecule has 0 atom stereocenters. The number of methoxy groups -OCH3 is 2. The topological polar surface area (TPSA) is 59.8 Å². The molecule has 1 heterocycles. The van der Waals surface area contributed by atoms with E-state index in [1.165, 1.54) is 5.69 Å². The van der Waals surface area contributed by atoms with E-state index in [1.54, 1.807) is 21.3 Å². The van der Waals surface area contributed by atoms with Crippen LogP contribution in [0.3, 0.4) is 0 Å². The number of hydrogen-bond acceptors (Lipinski definition) is 3. The van der Waals surface area contributed by atoms with Crippen LogP contribution < -0.4 is 20.1 Å². The number of ether oxygens (including phenoxy) is 2. The maximum absolute atomic E-state index is 5.30. The van der Waals surface area contributed by atoms with Crippen LogP contribution in [0.2, 0.25) is 0 Å². The molecule has 1 aromatic carbocycles. The summed E-state index contributed by atoms with van der Waals surface area (Å²) in [4.78, 5) is 4.22. The van der Waals surface area contributed by atoms with Gasteiger partial charge in [-0.25, -0.2) is 0 Å². The summed E-state index contributed by atoms with van der Waals surface area (Å²) in [6.45, 7) is 0.691. The van der Waals surface area contributed by atoms with Gasteiger partial charge < -0.3 is 24.7 Å². The Morgan fingerprint density at radius 1 is 1.17 bits per heavy atom. The highest BCUT2D eigenvalue weighted by atomic mass is 127. The lowest BCUT2D eigenvalue weighted by atomic mass is 10.2. The summed E-state index contributed by atoms with van der Waals surface area (Å²) in [6, 6.07) is 9.72. The highest BCUT2D eigenvalue weighted by Gasteiger charge is 2.06. The molecule has 126 valence electrons. The second-order valence-corrected chi connectivity index (χ2v) is 4.73. The van der Waals surface area contributed by atoms with Gasteiger partial charge in [-0.05, 0) is 24.3 Å². The molecule has 0 amide bonds. The molecule has 6 nitrogen and oxygen atoms in total. The van der Waals surface area contributed by atoms with E-state index in [-0.39, 0.29) is 24.0 Å². The number of aryl methyl sites for hydroxylation is 1. The third-order valence-corrected chi connectivity index (χ3v) is 3.36. The Bertz CT molecular complexity index is 655. The first-order valence-electron chi connectivity index (χ1n) is 6.98. The van der Waals surface area contributed by atoms with Crippen LogP contribution in [0.4, 0.5) is 5.69 Å². The molecule has 0 aliphatic rings. The molecule has 0 saturated carbocycles. The van der Waals surface area contributed by atoms with Crippen LogP contribution in [0.25, 0.3) is 0 Å². The van der Waals surface area contributed by atoms with Gasteiger partial charge in [-0.1, -0.05) is 0 Å². The van der Waals surface area contributed by atoms with Crippen molar-refractivity contribution in [3.05, 3.63) is 42.2 Å². The van der Waals surface area contributed by atoms with Crippen molar-refractivity contribution >= 4 is 35.6 Å².